The molecule has 1 aromatic rings. The molecule has 0 aliphatic carbocycles. The van der Waals surface area contributed by atoms with Crippen LogP contribution in [0.15, 0.2) is 9.78 Å². The van der Waals surface area contributed by atoms with Gasteiger partial charge < -0.3 is 16.3 Å². The fourth-order valence-electron chi connectivity index (χ4n) is 1.21. The second-order valence-corrected chi connectivity index (χ2v) is 4.77. The zero-order valence-corrected chi connectivity index (χ0v) is 8.49. The van der Waals surface area contributed by atoms with Gasteiger partial charge in [0.1, 0.15) is 0 Å². The summed E-state index contributed by atoms with van der Waals surface area (Å²) in [6, 6.07) is 0.197. The third-order valence-corrected chi connectivity index (χ3v) is 3.59. The van der Waals surface area contributed by atoms with Crippen LogP contribution in [0.1, 0.15) is 5.69 Å². The van der Waals surface area contributed by atoms with Crippen molar-refractivity contribution in [3.63, 3.8) is 0 Å². The van der Waals surface area contributed by atoms with E-state index in [1.807, 2.05) is 0 Å². The molecule has 2 heterocycles. The average Bonchev–Trinajstić information content (AvgIpc) is 2.62. The molecule has 0 unspecified atom stereocenters. The van der Waals surface area contributed by atoms with Crippen LogP contribution in [0.3, 0.4) is 0 Å². The Morgan fingerprint density at radius 3 is 3.00 bits per heavy atom. The molecule has 0 radical (unpaired) electrons. The summed E-state index contributed by atoms with van der Waals surface area (Å²) in [6.45, 7) is 0. The lowest BCUT2D eigenvalue weighted by Crippen LogP contribution is -2.42. The Bertz CT molecular complexity index is 408. The molecule has 0 bridgehead atoms. The summed E-state index contributed by atoms with van der Waals surface area (Å²) in [5.41, 5.74) is 5.55. The van der Waals surface area contributed by atoms with E-state index in [9.17, 15) is 0 Å². The van der Waals surface area contributed by atoms with Gasteiger partial charge in [-0.3, -0.25) is 4.78 Å². The summed E-state index contributed by atoms with van der Waals surface area (Å²) in [5.74, 6) is 1.76. The van der Waals surface area contributed by atoms with E-state index in [1.54, 1.807) is 0 Å². The van der Waals surface area contributed by atoms with E-state index >= 15 is 0 Å². The quantitative estimate of drug-likeness (QED) is 0.236. The Labute approximate surface area is 87.4 Å². The van der Waals surface area contributed by atoms with E-state index in [2.05, 4.69) is 25.4 Å². The van der Waals surface area contributed by atoms with Crippen molar-refractivity contribution in [1.82, 2.24) is 10.3 Å². The monoisotopic (exact) mass is 230 g/mol. The Balaban J connectivity index is 2.08. The molecule has 1 aliphatic rings. The number of anilines is 1. The molecular formula is C6H10N6O2S. The van der Waals surface area contributed by atoms with Crippen LogP contribution < -0.4 is 11.1 Å². The number of oxime groups is 1. The zero-order valence-electron chi connectivity index (χ0n) is 7.67. The van der Waals surface area contributed by atoms with E-state index in [-0.39, 0.29) is 28.3 Å². The lowest BCUT2D eigenvalue weighted by molar-refractivity contribution is 0.304. The van der Waals surface area contributed by atoms with Gasteiger partial charge in [0.2, 0.25) is 5.82 Å². The van der Waals surface area contributed by atoms with E-state index in [1.165, 1.54) is 0 Å². The first kappa shape index (κ1) is 9.90. The minimum absolute atomic E-state index is 0.150. The first-order valence-electron chi connectivity index (χ1n) is 4.16. The molecule has 0 amide bonds. The van der Waals surface area contributed by atoms with Gasteiger partial charge in [-0.15, -0.1) is 10.7 Å². The van der Waals surface area contributed by atoms with Crippen molar-refractivity contribution in [2.45, 2.75) is 6.04 Å². The van der Waals surface area contributed by atoms with Gasteiger partial charge >= 0.3 is 0 Å². The van der Waals surface area contributed by atoms with Gasteiger partial charge in [-0.2, -0.15) is 0 Å². The van der Waals surface area contributed by atoms with Gasteiger partial charge in [-0.1, -0.05) is 5.16 Å². The molecule has 9 heteroatoms. The van der Waals surface area contributed by atoms with Gasteiger partial charge in [0, 0.05) is 17.5 Å². The van der Waals surface area contributed by atoms with Crippen LogP contribution in [0.4, 0.5) is 5.82 Å². The van der Waals surface area contributed by atoms with Crippen LogP contribution in [0, 0.1) is 4.78 Å². The van der Waals surface area contributed by atoms with Crippen molar-refractivity contribution in [2.24, 2.45) is 10.9 Å². The summed E-state index contributed by atoms with van der Waals surface area (Å²) in [7, 11) is -0.255. The minimum atomic E-state index is -0.255. The normalized spacial score (nSPS) is 26.0. The lowest BCUT2D eigenvalue weighted by Gasteiger charge is -2.28. The van der Waals surface area contributed by atoms with Crippen molar-refractivity contribution < 1.29 is 9.84 Å². The second-order valence-electron chi connectivity index (χ2n) is 3.11. The third kappa shape index (κ3) is 1.91. The highest BCUT2D eigenvalue weighted by molar-refractivity contribution is 7.87. The topological polar surface area (TPSA) is 133 Å². The minimum Gasteiger partial charge on any atom is -0.409 e. The van der Waals surface area contributed by atoms with E-state index < -0.39 is 0 Å². The molecule has 0 saturated carbocycles. The van der Waals surface area contributed by atoms with Gasteiger partial charge in [-0.05, 0) is 10.3 Å². The molecule has 82 valence electrons. The van der Waals surface area contributed by atoms with Crippen LogP contribution in [0.5, 0.6) is 0 Å². The molecule has 8 nitrogen and oxygen atoms in total. The fourth-order valence-corrected chi connectivity index (χ4v) is 2.25. The smallest absolute Gasteiger partial charge is 0.202 e. The van der Waals surface area contributed by atoms with Crippen molar-refractivity contribution in [3.05, 3.63) is 5.69 Å². The summed E-state index contributed by atoms with van der Waals surface area (Å²) >= 11 is 0. The van der Waals surface area contributed by atoms with Crippen LogP contribution >= 0.6 is 0 Å². The maximum atomic E-state index is 8.48. The number of nitrogens with zero attached hydrogens (tertiary/aromatic N) is 3. The zero-order chi connectivity index (χ0) is 10.8. The molecule has 0 aromatic carbocycles. The molecule has 1 saturated heterocycles. The molecule has 0 atom stereocenters. The Kier molecular flexibility index (Phi) is 2.54. The van der Waals surface area contributed by atoms with Crippen molar-refractivity contribution >= 4 is 22.3 Å². The summed E-state index contributed by atoms with van der Waals surface area (Å²) in [6.07, 6.45) is 0. The van der Waals surface area contributed by atoms with Crippen LogP contribution in [-0.2, 0) is 10.7 Å². The molecular weight excluding hydrogens is 220 g/mol. The van der Waals surface area contributed by atoms with E-state index in [0.717, 1.165) is 11.5 Å². The SMILES string of the molecule is N=S1CC(Nc2nonc2/C(N)=N/O)C1. The number of nitrogens with one attached hydrogen (secondary N) is 2. The largest absolute Gasteiger partial charge is 0.409 e. The number of aromatic nitrogens is 2. The third-order valence-electron chi connectivity index (χ3n) is 1.98. The predicted molar refractivity (Wildman–Crippen MR) is 54.0 cm³/mol. The Hall–Kier alpha value is -1.64. The predicted octanol–water partition coefficient (Wildman–Crippen LogP) is -0.661. The van der Waals surface area contributed by atoms with Gasteiger partial charge in [0.05, 0.1) is 0 Å². The summed E-state index contributed by atoms with van der Waals surface area (Å²) < 4.78 is 11.9. The number of hydrogen-bond acceptors (Lipinski definition) is 7. The summed E-state index contributed by atoms with van der Waals surface area (Å²) in [5, 5.41) is 21.4. The number of nitrogens with two attached hydrogens (primary N) is 1. The maximum absolute atomic E-state index is 8.48. The molecule has 1 aromatic heterocycles. The lowest BCUT2D eigenvalue weighted by atomic mass is 10.3. The highest BCUT2D eigenvalue weighted by Crippen LogP contribution is 2.15. The van der Waals surface area contributed by atoms with Gasteiger partial charge in [0.25, 0.3) is 0 Å². The molecule has 15 heavy (non-hydrogen) atoms. The van der Waals surface area contributed by atoms with Crippen molar-refractivity contribution in [2.75, 3.05) is 16.8 Å². The second kappa shape index (κ2) is 3.85. The average molecular weight is 230 g/mol. The van der Waals surface area contributed by atoms with Crippen molar-refractivity contribution in [3.8, 4) is 0 Å². The van der Waals surface area contributed by atoms with Gasteiger partial charge in [0.15, 0.2) is 11.5 Å². The Morgan fingerprint density at radius 1 is 1.67 bits per heavy atom. The van der Waals surface area contributed by atoms with Crippen LogP contribution in [0.25, 0.3) is 0 Å². The standard InChI is InChI=1S/C6H10N6O2S/c7-5(10-13)4-6(12-14-11-4)9-3-1-15(8)2-3/h3,8,13H,1-2H2,(H2,7,10)(H,9,12). The van der Waals surface area contributed by atoms with Crippen molar-refractivity contribution in [1.29, 1.82) is 4.78 Å². The van der Waals surface area contributed by atoms with Crippen LogP contribution in [-0.4, -0.2) is 38.9 Å². The first-order valence-corrected chi connectivity index (χ1v) is 5.72. The summed E-state index contributed by atoms with van der Waals surface area (Å²) in [4.78, 5) is 0. The Morgan fingerprint density at radius 2 is 2.40 bits per heavy atom. The highest BCUT2D eigenvalue weighted by Gasteiger charge is 2.25. The molecule has 5 N–H and O–H groups in total. The van der Waals surface area contributed by atoms with Crippen LogP contribution in [0.2, 0.25) is 0 Å². The molecule has 2 rings (SSSR count). The van der Waals surface area contributed by atoms with Gasteiger partial charge in [-0.25, -0.2) is 4.63 Å². The number of rotatable bonds is 3. The molecule has 1 aliphatic heterocycles. The first-order chi connectivity index (χ1) is 7.20. The highest BCUT2D eigenvalue weighted by atomic mass is 32.2. The van der Waals surface area contributed by atoms with E-state index in [0.29, 0.717) is 5.82 Å². The number of amidine groups is 1. The number of hydrogen-bond donors (Lipinski definition) is 4. The molecule has 0 spiro atoms. The van der Waals surface area contributed by atoms with E-state index in [4.69, 9.17) is 15.7 Å². The molecule has 1 fully saturated rings. The maximum Gasteiger partial charge on any atom is 0.202 e. The fraction of sp³-hybridized carbons (Fsp3) is 0.500.